The first-order chi connectivity index (χ1) is 14.1. The summed E-state index contributed by atoms with van der Waals surface area (Å²) in [6.07, 6.45) is 2.29. The largest absolute Gasteiger partial charge is 0.329 e. The molecule has 146 valence electrons. The van der Waals surface area contributed by atoms with E-state index in [1.54, 1.807) is 11.7 Å². The van der Waals surface area contributed by atoms with Crippen LogP contribution < -0.4 is 5.48 Å². The van der Waals surface area contributed by atoms with Crippen LogP contribution in [-0.2, 0) is 13.0 Å². The van der Waals surface area contributed by atoms with Crippen molar-refractivity contribution >= 4 is 23.2 Å². The molecule has 29 heavy (non-hydrogen) atoms. The van der Waals surface area contributed by atoms with E-state index in [2.05, 4.69) is 11.9 Å². The van der Waals surface area contributed by atoms with E-state index >= 15 is 0 Å². The average molecular weight is 406 g/mol. The van der Waals surface area contributed by atoms with Gasteiger partial charge >= 0.3 is 0 Å². The molecule has 2 atom stereocenters. The smallest absolute Gasteiger partial charge is 0.284 e. The number of benzene rings is 1. The quantitative estimate of drug-likeness (QED) is 0.504. The molecule has 2 amide bonds. The first-order valence-electron chi connectivity index (χ1n) is 9.36. The fourth-order valence-electron chi connectivity index (χ4n) is 4.19. The van der Waals surface area contributed by atoms with Gasteiger partial charge in [0.05, 0.1) is 22.7 Å². The van der Waals surface area contributed by atoms with Gasteiger partial charge in [-0.1, -0.05) is 37.3 Å². The number of aromatic nitrogens is 2. The fraction of sp³-hybridized carbons (Fsp3) is 0.238. The first-order valence-corrected chi connectivity index (χ1v) is 10.2. The number of hydrogen-bond donors (Lipinski definition) is 2. The lowest BCUT2D eigenvalue weighted by atomic mass is 9.83. The minimum atomic E-state index is -0.525. The van der Waals surface area contributed by atoms with Crippen molar-refractivity contribution in [1.82, 2.24) is 20.3 Å². The Balaban J connectivity index is 1.53. The Bertz CT molecular complexity index is 1130. The van der Waals surface area contributed by atoms with E-state index in [1.165, 1.54) is 11.3 Å². The van der Waals surface area contributed by atoms with Crippen molar-refractivity contribution in [3.63, 3.8) is 0 Å². The number of nitrogens with zero attached hydrogens (tertiary/aromatic N) is 3. The molecule has 2 N–H and O–H groups in total. The summed E-state index contributed by atoms with van der Waals surface area (Å²) in [5.41, 5.74) is 4.97. The minimum Gasteiger partial charge on any atom is -0.329 e. The van der Waals surface area contributed by atoms with E-state index in [9.17, 15) is 9.59 Å². The molecule has 2 aromatic heterocycles. The molecule has 2 aliphatic rings. The number of hydroxylamine groups is 1. The van der Waals surface area contributed by atoms with Gasteiger partial charge < -0.3 is 4.90 Å². The molecule has 2 aliphatic heterocycles. The molecule has 1 aromatic carbocycles. The molecule has 4 heterocycles. The average Bonchev–Trinajstić information content (AvgIpc) is 3.19. The van der Waals surface area contributed by atoms with Gasteiger partial charge in [0.2, 0.25) is 0 Å². The zero-order valence-corrected chi connectivity index (χ0v) is 16.4. The Morgan fingerprint density at radius 3 is 2.86 bits per heavy atom. The second-order valence-corrected chi connectivity index (χ2v) is 8.49. The molecule has 3 aromatic rings. The lowest BCUT2D eigenvalue weighted by Crippen LogP contribution is -2.50. The number of thiophene rings is 1. The molecule has 0 radical (unpaired) electrons. The third kappa shape index (κ3) is 2.83. The van der Waals surface area contributed by atoms with Crippen molar-refractivity contribution in [3.8, 4) is 11.4 Å². The molecule has 0 saturated heterocycles. The highest BCUT2D eigenvalue weighted by atomic mass is 32.1. The van der Waals surface area contributed by atoms with E-state index in [4.69, 9.17) is 10.2 Å². The topological polar surface area (TPSA) is 95.4 Å². The molecule has 0 spiro atoms. The third-order valence-electron chi connectivity index (χ3n) is 5.72. The number of fused-ring (bicyclic) bond motifs is 3. The first kappa shape index (κ1) is 18.0. The normalized spacial score (nSPS) is 19.9. The Hall–Kier alpha value is -3.10. The van der Waals surface area contributed by atoms with E-state index < -0.39 is 5.91 Å². The Morgan fingerprint density at radius 1 is 1.31 bits per heavy atom. The van der Waals surface area contributed by atoms with Crippen molar-refractivity contribution < 1.29 is 14.8 Å². The SMILES string of the molecule is CC1c2nc(-c3ccccc3)ncc2C(=O)N2Cc3sc(C(=O)NO)cc3CC12. The van der Waals surface area contributed by atoms with Gasteiger partial charge in [-0.3, -0.25) is 14.8 Å². The summed E-state index contributed by atoms with van der Waals surface area (Å²) < 4.78 is 0. The van der Waals surface area contributed by atoms with Crippen LogP contribution in [0, 0.1) is 0 Å². The van der Waals surface area contributed by atoms with Crippen molar-refractivity contribution in [2.45, 2.75) is 31.8 Å². The van der Waals surface area contributed by atoms with E-state index in [-0.39, 0.29) is 17.9 Å². The van der Waals surface area contributed by atoms with Crippen LogP contribution in [-0.4, -0.2) is 37.9 Å². The standard InChI is InChI=1S/C21H18N4O3S/c1-11-15-7-13-8-16(20(26)24-28)29-17(13)10-25(15)21(27)14-9-22-19(23-18(11)14)12-5-3-2-4-6-12/h2-6,8-9,11,15,28H,7,10H2,1H3,(H,24,26). The van der Waals surface area contributed by atoms with Crippen LogP contribution in [0.25, 0.3) is 11.4 Å². The number of carbonyl (C=O) groups is 2. The molecular weight excluding hydrogens is 388 g/mol. The predicted molar refractivity (Wildman–Crippen MR) is 107 cm³/mol. The van der Waals surface area contributed by atoms with Gasteiger partial charge in [0.1, 0.15) is 0 Å². The van der Waals surface area contributed by atoms with Crippen LogP contribution in [0.15, 0.2) is 42.6 Å². The van der Waals surface area contributed by atoms with Gasteiger partial charge in [0.15, 0.2) is 5.82 Å². The third-order valence-corrected chi connectivity index (χ3v) is 6.88. The maximum atomic E-state index is 13.2. The zero-order chi connectivity index (χ0) is 20.1. The van der Waals surface area contributed by atoms with E-state index in [0.29, 0.717) is 29.2 Å². The Morgan fingerprint density at radius 2 is 2.10 bits per heavy atom. The molecule has 7 nitrogen and oxygen atoms in total. The van der Waals surface area contributed by atoms with Gasteiger partial charge in [-0.2, -0.15) is 0 Å². The van der Waals surface area contributed by atoms with Crippen molar-refractivity contribution in [1.29, 1.82) is 0 Å². The minimum absolute atomic E-state index is 0.0272. The highest BCUT2D eigenvalue weighted by molar-refractivity contribution is 7.14. The predicted octanol–water partition coefficient (Wildman–Crippen LogP) is 3.01. The maximum absolute atomic E-state index is 13.2. The summed E-state index contributed by atoms with van der Waals surface area (Å²) in [5, 5.41) is 8.91. The monoisotopic (exact) mass is 406 g/mol. The highest BCUT2D eigenvalue weighted by Gasteiger charge is 2.42. The lowest BCUT2D eigenvalue weighted by Gasteiger charge is -2.42. The second kappa shape index (κ2) is 6.75. The lowest BCUT2D eigenvalue weighted by molar-refractivity contribution is 0.0573. The summed E-state index contributed by atoms with van der Waals surface area (Å²) in [4.78, 5) is 37.4. The number of rotatable bonds is 2. The van der Waals surface area contributed by atoms with Crippen molar-refractivity contribution in [3.05, 3.63) is 69.2 Å². The summed E-state index contributed by atoms with van der Waals surface area (Å²) in [7, 11) is 0. The molecule has 0 aliphatic carbocycles. The second-order valence-electron chi connectivity index (χ2n) is 7.35. The number of amides is 2. The summed E-state index contributed by atoms with van der Waals surface area (Å²) in [5.74, 6) is 0.0565. The van der Waals surface area contributed by atoms with Crippen LogP contribution in [0.4, 0.5) is 0 Å². The molecule has 0 bridgehead atoms. The number of hydrogen-bond acceptors (Lipinski definition) is 6. The molecule has 2 unspecified atom stereocenters. The Kier molecular flexibility index (Phi) is 4.18. The molecular formula is C21H18N4O3S. The van der Waals surface area contributed by atoms with Gasteiger partial charge in [-0.15, -0.1) is 11.3 Å². The molecule has 5 rings (SSSR count). The molecule has 0 saturated carbocycles. The zero-order valence-electron chi connectivity index (χ0n) is 15.6. The van der Waals surface area contributed by atoms with Crippen LogP contribution >= 0.6 is 11.3 Å². The van der Waals surface area contributed by atoms with E-state index in [1.807, 2.05) is 41.3 Å². The number of carbonyl (C=O) groups excluding carboxylic acids is 2. The maximum Gasteiger partial charge on any atom is 0.284 e. The highest BCUT2D eigenvalue weighted by Crippen LogP contribution is 2.40. The van der Waals surface area contributed by atoms with Gasteiger partial charge in [0, 0.05) is 28.6 Å². The van der Waals surface area contributed by atoms with Gasteiger partial charge in [0.25, 0.3) is 11.8 Å². The van der Waals surface area contributed by atoms with Crippen LogP contribution in [0.2, 0.25) is 0 Å². The summed E-state index contributed by atoms with van der Waals surface area (Å²) >= 11 is 1.31. The molecule has 0 fully saturated rings. The van der Waals surface area contributed by atoms with Gasteiger partial charge in [-0.25, -0.2) is 15.4 Å². The van der Waals surface area contributed by atoms with Crippen LogP contribution in [0.5, 0.6) is 0 Å². The summed E-state index contributed by atoms with van der Waals surface area (Å²) in [6.45, 7) is 2.54. The van der Waals surface area contributed by atoms with Crippen LogP contribution in [0.3, 0.4) is 0 Å². The van der Waals surface area contributed by atoms with Crippen molar-refractivity contribution in [2.75, 3.05) is 0 Å². The van der Waals surface area contributed by atoms with Crippen LogP contribution in [0.1, 0.15) is 49.0 Å². The molecule has 8 heteroatoms. The number of nitrogens with one attached hydrogen (secondary N) is 1. The van der Waals surface area contributed by atoms with Crippen molar-refractivity contribution in [2.24, 2.45) is 0 Å². The van der Waals surface area contributed by atoms with E-state index in [0.717, 1.165) is 21.7 Å². The summed E-state index contributed by atoms with van der Waals surface area (Å²) in [6, 6.07) is 11.5. The van der Waals surface area contributed by atoms with Gasteiger partial charge in [-0.05, 0) is 18.1 Å². The Labute approximate surface area is 171 Å². The fourth-order valence-corrected chi connectivity index (χ4v) is 5.27.